The first kappa shape index (κ1) is 60.0. The van der Waals surface area contributed by atoms with Crippen molar-refractivity contribution in [2.24, 2.45) is 5.73 Å². The van der Waals surface area contributed by atoms with Crippen LogP contribution in [-0.2, 0) is 27.9 Å². The third-order valence-electron chi connectivity index (χ3n) is 11.6. The van der Waals surface area contributed by atoms with Crippen LogP contribution in [0.4, 0.5) is 0 Å². The number of unbranched alkanes of at least 4 members (excludes halogenated alkanes) is 34. The molecule has 362 valence electrons. The number of nitrogens with two attached hydrogens (primary N) is 1. The highest BCUT2D eigenvalue weighted by Crippen LogP contribution is 2.43. The number of allylic oxidation sites excluding steroid dienone is 4. The predicted octanol–water partition coefficient (Wildman–Crippen LogP) is 16.4. The van der Waals surface area contributed by atoms with Crippen molar-refractivity contribution in [2.75, 3.05) is 33.0 Å². The summed E-state index contributed by atoms with van der Waals surface area (Å²) in [5.41, 5.74) is 5.39. The molecule has 3 N–H and O–H groups in total. The molecule has 0 radical (unpaired) electrons. The smallest absolute Gasteiger partial charge is 0.457 e. The lowest BCUT2D eigenvalue weighted by Gasteiger charge is -2.20. The Morgan fingerprint density at radius 1 is 0.475 bits per heavy atom. The average molecular weight is 884 g/mol. The number of ether oxygens (including phenoxy) is 2. The van der Waals surface area contributed by atoms with E-state index in [1.54, 1.807) is 0 Å². The Morgan fingerprint density at radius 2 is 0.820 bits per heavy atom. The summed E-state index contributed by atoms with van der Waals surface area (Å²) in [6, 6.07) is 0. The number of phosphoric ester groups is 1. The predicted molar refractivity (Wildman–Crippen MR) is 261 cm³/mol. The zero-order valence-corrected chi connectivity index (χ0v) is 41.3. The zero-order valence-electron chi connectivity index (χ0n) is 40.4. The minimum Gasteiger partial charge on any atom is -0.457 e. The maximum Gasteiger partial charge on any atom is 0.472 e. The summed E-state index contributed by atoms with van der Waals surface area (Å²) in [6.07, 6.45) is 57.9. The number of carbonyl (C=O) groups excluding carboxylic acids is 1. The summed E-state index contributed by atoms with van der Waals surface area (Å²) in [5.74, 6) is -0.328. The number of carbonyl (C=O) groups is 1. The van der Waals surface area contributed by atoms with Gasteiger partial charge < -0.3 is 20.1 Å². The zero-order chi connectivity index (χ0) is 44.4. The van der Waals surface area contributed by atoms with Crippen molar-refractivity contribution in [1.29, 1.82) is 0 Å². The standard InChI is InChI=1S/C52H102NO7P/c1-3-5-7-9-11-13-15-17-19-21-22-23-24-25-26-27-28-29-31-33-35-37-39-41-43-45-52(54)60-51(50-59-61(55,56)58-48-46-53)49-57-47-44-42-40-38-36-34-32-30-20-18-16-14-12-10-8-6-4-2/h20-22,30,51H,3-19,23-29,31-50,53H2,1-2H3,(H,55,56)/b22-21-,30-20-. The molecule has 0 aliphatic heterocycles. The molecule has 0 spiro atoms. The van der Waals surface area contributed by atoms with Crippen LogP contribution in [0.15, 0.2) is 24.3 Å². The van der Waals surface area contributed by atoms with Gasteiger partial charge in [-0.05, 0) is 64.2 Å². The van der Waals surface area contributed by atoms with Crippen molar-refractivity contribution < 1.29 is 32.8 Å². The molecule has 0 aliphatic carbocycles. The SMILES string of the molecule is CCCCCCCCC/C=C\CCCCCCCCOCC(COP(=O)(O)OCCN)OC(=O)CCCCCCCCCCCCCCC/C=C\CCCCCCCCCC. The van der Waals surface area contributed by atoms with E-state index in [0.717, 1.165) is 32.1 Å². The Balaban J connectivity index is 3.89. The molecular weight excluding hydrogens is 782 g/mol. The Hall–Kier alpha value is -1.02. The van der Waals surface area contributed by atoms with E-state index in [-0.39, 0.29) is 32.3 Å². The summed E-state index contributed by atoms with van der Waals surface area (Å²) in [7, 11) is -4.28. The quantitative estimate of drug-likeness (QED) is 0.0268. The molecule has 0 heterocycles. The lowest BCUT2D eigenvalue weighted by atomic mass is 10.0. The minimum atomic E-state index is -4.28. The molecule has 0 amide bonds. The highest BCUT2D eigenvalue weighted by atomic mass is 31.2. The largest absolute Gasteiger partial charge is 0.472 e. The molecule has 2 unspecified atom stereocenters. The van der Waals surface area contributed by atoms with Crippen molar-refractivity contribution in [1.82, 2.24) is 0 Å². The number of hydrogen-bond donors (Lipinski definition) is 2. The van der Waals surface area contributed by atoms with Crippen molar-refractivity contribution >= 4 is 13.8 Å². The minimum absolute atomic E-state index is 0.0946. The number of esters is 1. The molecule has 0 saturated heterocycles. The van der Waals surface area contributed by atoms with Gasteiger partial charge >= 0.3 is 13.8 Å². The first-order valence-electron chi connectivity index (χ1n) is 26.3. The lowest BCUT2D eigenvalue weighted by molar-refractivity contribution is -0.154. The molecule has 9 heteroatoms. The lowest BCUT2D eigenvalue weighted by Crippen LogP contribution is -2.28. The molecule has 0 aliphatic rings. The van der Waals surface area contributed by atoms with Crippen molar-refractivity contribution in [3.05, 3.63) is 24.3 Å². The van der Waals surface area contributed by atoms with Crippen molar-refractivity contribution in [2.45, 2.75) is 270 Å². The van der Waals surface area contributed by atoms with Crippen LogP contribution in [0, 0.1) is 0 Å². The maximum absolute atomic E-state index is 12.7. The van der Waals surface area contributed by atoms with E-state index in [9.17, 15) is 14.3 Å². The Labute approximate surface area is 378 Å². The van der Waals surface area contributed by atoms with E-state index in [4.69, 9.17) is 24.3 Å². The van der Waals surface area contributed by atoms with Crippen LogP contribution >= 0.6 is 7.82 Å². The van der Waals surface area contributed by atoms with Crippen molar-refractivity contribution in [3.8, 4) is 0 Å². The molecule has 0 aromatic heterocycles. The second-order valence-corrected chi connectivity index (χ2v) is 19.2. The Kier molecular flexibility index (Phi) is 49.2. The highest BCUT2D eigenvalue weighted by Gasteiger charge is 2.25. The van der Waals surface area contributed by atoms with E-state index < -0.39 is 13.9 Å². The van der Waals surface area contributed by atoms with E-state index in [1.807, 2.05) is 0 Å². The monoisotopic (exact) mass is 884 g/mol. The molecule has 0 bridgehead atoms. The normalized spacial score (nSPS) is 13.4. The van der Waals surface area contributed by atoms with E-state index in [0.29, 0.717) is 13.0 Å². The molecule has 0 aromatic carbocycles. The Morgan fingerprint density at radius 3 is 1.20 bits per heavy atom. The molecule has 0 rings (SSSR count). The van der Waals surface area contributed by atoms with Crippen LogP contribution in [0.1, 0.15) is 264 Å². The number of phosphoric acid groups is 1. The van der Waals surface area contributed by atoms with Crippen LogP contribution in [0.2, 0.25) is 0 Å². The molecule has 0 aromatic rings. The van der Waals surface area contributed by atoms with Gasteiger partial charge in [-0.3, -0.25) is 13.8 Å². The molecule has 61 heavy (non-hydrogen) atoms. The summed E-state index contributed by atoms with van der Waals surface area (Å²) in [6.45, 7) is 4.96. The van der Waals surface area contributed by atoms with Crippen LogP contribution in [0.3, 0.4) is 0 Å². The average Bonchev–Trinajstić information content (AvgIpc) is 3.25. The summed E-state index contributed by atoms with van der Waals surface area (Å²) >= 11 is 0. The fraction of sp³-hybridized carbons (Fsp3) is 0.904. The number of hydrogen-bond acceptors (Lipinski definition) is 7. The topological polar surface area (TPSA) is 117 Å². The molecule has 0 saturated carbocycles. The van der Waals surface area contributed by atoms with Gasteiger partial charge in [0, 0.05) is 19.6 Å². The summed E-state index contributed by atoms with van der Waals surface area (Å²) in [4.78, 5) is 22.6. The fourth-order valence-corrected chi connectivity index (χ4v) is 8.46. The van der Waals surface area contributed by atoms with Crippen LogP contribution in [0.25, 0.3) is 0 Å². The third-order valence-corrected chi connectivity index (χ3v) is 12.6. The molecular formula is C52H102NO7P. The van der Waals surface area contributed by atoms with Gasteiger partial charge in [-0.15, -0.1) is 0 Å². The van der Waals surface area contributed by atoms with Crippen molar-refractivity contribution in [3.63, 3.8) is 0 Å². The Bertz CT molecular complexity index is 993. The highest BCUT2D eigenvalue weighted by molar-refractivity contribution is 7.47. The summed E-state index contributed by atoms with van der Waals surface area (Å²) in [5, 5.41) is 0. The second-order valence-electron chi connectivity index (χ2n) is 17.7. The molecule has 8 nitrogen and oxygen atoms in total. The van der Waals surface area contributed by atoms with Gasteiger partial charge in [-0.1, -0.05) is 218 Å². The van der Waals surface area contributed by atoms with E-state index in [2.05, 4.69) is 38.2 Å². The molecule has 2 atom stereocenters. The first-order valence-corrected chi connectivity index (χ1v) is 27.8. The van der Waals surface area contributed by atoms with Gasteiger partial charge in [-0.25, -0.2) is 4.57 Å². The van der Waals surface area contributed by atoms with Crippen LogP contribution in [0.5, 0.6) is 0 Å². The fourth-order valence-electron chi connectivity index (χ4n) is 7.69. The first-order chi connectivity index (χ1) is 29.9. The van der Waals surface area contributed by atoms with E-state index >= 15 is 0 Å². The van der Waals surface area contributed by atoms with Crippen LogP contribution < -0.4 is 5.73 Å². The van der Waals surface area contributed by atoms with Gasteiger partial charge in [0.25, 0.3) is 0 Å². The second kappa shape index (κ2) is 50.0. The number of rotatable bonds is 51. The van der Waals surface area contributed by atoms with Crippen LogP contribution in [-0.4, -0.2) is 49.9 Å². The maximum atomic E-state index is 12.7. The van der Waals surface area contributed by atoms with Gasteiger partial charge in [0.2, 0.25) is 0 Å². The third kappa shape index (κ3) is 49.8. The molecule has 0 fully saturated rings. The van der Waals surface area contributed by atoms with Gasteiger partial charge in [-0.2, -0.15) is 0 Å². The van der Waals surface area contributed by atoms with Gasteiger partial charge in [0.1, 0.15) is 6.10 Å². The summed E-state index contributed by atoms with van der Waals surface area (Å²) < 4.78 is 33.6. The van der Waals surface area contributed by atoms with Gasteiger partial charge in [0.05, 0.1) is 19.8 Å². The van der Waals surface area contributed by atoms with Gasteiger partial charge in [0.15, 0.2) is 0 Å². The van der Waals surface area contributed by atoms with E-state index in [1.165, 1.54) is 212 Å².